The summed E-state index contributed by atoms with van der Waals surface area (Å²) in [4.78, 5) is 29.5. The first kappa shape index (κ1) is 31.3. The Morgan fingerprint density at radius 1 is 0.905 bits per heavy atom. The maximum Gasteiger partial charge on any atom is 0.264 e. The van der Waals surface area contributed by atoms with Gasteiger partial charge in [-0.2, -0.15) is 0 Å². The summed E-state index contributed by atoms with van der Waals surface area (Å²) < 4.78 is 29.2. The van der Waals surface area contributed by atoms with Gasteiger partial charge in [-0.1, -0.05) is 88.2 Å². The van der Waals surface area contributed by atoms with E-state index < -0.39 is 28.5 Å². The first-order valence-corrected chi connectivity index (χ1v) is 16.4. The quantitative estimate of drug-likeness (QED) is 0.273. The van der Waals surface area contributed by atoms with Crippen molar-refractivity contribution in [2.75, 3.05) is 10.8 Å². The van der Waals surface area contributed by atoms with Crippen LogP contribution in [0.5, 0.6) is 0 Å². The lowest BCUT2D eigenvalue weighted by Crippen LogP contribution is -2.53. The van der Waals surface area contributed by atoms with E-state index in [1.807, 2.05) is 50.2 Å². The van der Waals surface area contributed by atoms with Crippen molar-refractivity contribution >= 4 is 27.5 Å². The SMILES string of the molecule is CCC(C(=O)NC1CCCC1)N(Cc1ccccc1C)C(=O)CN(c1ccc(C(C)C)cc1)S(=O)(=O)c1ccccc1. The van der Waals surface area contributed by atoms with Crippen LogP contribution in [0.2, 0.25) is 0 Å². The number of aryl methyl sites for hydroxylation is 1. The van der Waals surface area contributed by atoms with Gasteiger partial charge >= 0.3 is 0 Å². The number of amides is 2. The van der Waals surface area contributed by atoms with Gasteiger partial charge < -0.3 is 10.2 Å². The van der Waals surface area contributed by atoms with E-state index in [4.69, 9.17) is 0 Å². The molecule has 224 valence electrons. The van der Waals surface area contributed by atoms with E-state index in [9.17, 15) is 18.0 Å². The molecular formula is C34H43N3O4S. The molecule has 0 saturated heterocycles. The average molecular weight is 590 g/mol. The van der Waals surface area contributed by atoms with E-state index in [-0.39, 0.29) is 29.3 Å². The molecule has 0 aliphatic heterocycles. The second-order valence-corrected chi connectivity index (χ2v) is 13.3. The molecule has 0 bridgehead atoms. The predicted octanol–water partition coefficient (Wildman–Crippen LogP) is 6.18. The fourth-order valence-corrected chi connectivity index (χ4v) is 6.97. The highest BCUT2D eigenvalue weighted by Crippen LogP contribution is 2.27. The van der Waals surface area contributed by atoms with E-state index >= 15 is 0 Å². The third-order valence-corrected chi connectivity index (χ3v) is 9.94. The molecule has 1 aliphatic rings. The van der Waals surface area contributed by atoms with Crippen LogP contribution in [0.15, 0.2) is 83.8 Å². The van der Waals surface area contributed by atoms with Gasteiger partial charge in [-0.05, 0) is 73.1 Å². The van der Waals surface area contributed by atoms with Crippen molar-refractivity contribution in [3.63, 3.8) is 0 Å². The molecule has 0 aromatic heterocycles. The van der Waals surface area contributed by atoms with Gasteiger partial charge in [0, 0.05) is 12.6 Å². The Labute approximate surface area is 251 Å². The lowest BCUT2D eigenvalue weighted by molar-refractivity contribution is -0.140. The summed E-state index contributed by atoms with van der Waals surface area (Å²) >= 11 is 0. The molecule has 4 rings (SSSR count). The lowest BCUT2D eigenvalue weighted by atomic mass is 10.0. The largest absolute Gasteiger partial charge is 0.352 e. The molecule has 0 radical (unpaired) electrons. The van der Waals surface area contributed by atoms with Crippen molar-refractivity contribution in [1.82, 2.24) is 10.2 Å². The topological polar surface area (TPSA) is 86.8 Å². The zero-order chi connectivity index (χ0) is 30.3. The van der Waals surface area contributed by atoms with Gasteiger partial charge in [0.15, 0.2) is 0 Å². The van der Waals surface area contributed by atoms with Crippen LogP contribution < -0.4 is 9.62 Å². The maximum absolute atomic E-state index is 14.3. The van der Waals surface area contributed by atoms with Gasteiger partial charge in [0.25, 0.3) is 10.0 Å². The second-order valence-electron chi connectivity index (χ2n) is 11.4. The fraction of sp³-hybridized carbons (Fsp3) is 0.412. The highest BCUT2D eigenvalue weighted by atomic mass is 32.2. The van der Waals surface area contributed by atoms with E-state index in [1.54, 1.807) is 35.2 Å². The number of nitrogens with zero attached hydrogens (tertiary/aromatic N) is 2. The highest BCUT2D eigenvalue weighted by Gasteiger charge is 2.34. The molecule has 3 aromatic rings. The molecule has 1 unspecified atom stereocenters. The fourth-order valence-electron chi connectivity index (χ4n) is 5.53. The van der Waals surface area contributed by atoms with E-state index in [2.05, 4.69) is 19.2 Å². The van der Waals surface area contributed by atoms with Crippen LogP contribution in [0.3, 0.4) is 0 Å². The van der Waals surface area contributed by atoms with Crippen LogP contribution in [-0.4, -0.2) is 43.8 Å². The number of anilines is 1. The van der Waals surface area contributed by atoms with Crippen LogP contribution in [0.4, 0.5) is 5.69 Å². The van der Waals surface area contributed by atoms with Gasteiger partial charge in [-0.15, -0.1) is 0 Å². The molecule has 0 spiro atoms. The summed E-state index contributed by atoms with van der Waals surface area (Å²) in [6.45, 7) is 7.77. The first-order chi connectivity index (χ1) is 20.1. The summed E-state index contributed by atoms with van der Waals surface area (Å²) in [5.74, 6) is -0.350. The minimum absolute atomic E-state index is 0.0993. The zero-order valence-electron chi connectivity index (χ0n) is 25.1. The molecule has 0 heterocycles. The van der Waals surface area contributed by atoms with Crippen molar-refractivity contribution in [1.29, 1.82) is 0 Å². The molecule has 1 N–H and O–H groups in total. The number of rotatable bonds is 12. The van der Waals surface area contributed by atoms with Gasteiger partial charge in [0.05, 0.1) is 10.6 Å². The molecule has 3 aromatic carbocycles. The Morgan fingerprint density at radius 3 is 2.12 bits per heavy atom. The molecule has 1 aliphatic carbocycles. The molecular weight excluding hydrogens is 546 g/mol. The van der Waals surface area contributed by atoms with E-state index in [1.165, 1.54) is 16.4 Å². The van der Waals surface area contributed by atoms with Crippen LogP contribution in [0.1, 0.15) is 75.5 Å². The monoisotopic (exact) mass is 589 g/mol. The zero-order valence-corrected chi connectivity index (χ0v) is 25.9. The summed E-state index contributed by atoms with van der Waals surface area (Å²) in [5, 5.41) is 3.16. The van der Waals surface area contributed by atoms with Gasteiger partial charge in [0.1, 0.15) is 12.6 Å². The number of benzene rings is 3. The highest BCUT2D eigenvalue weighted by molar-refractivity contribution is 7.92. The predicted molar refractivity (Wildman–Crippen MR) is 168 cm³/mol. The molecule has 1 atom stereocenters. The lowest BCUT2D eigenvalue weighted by Gasteiger charge is -2.34. The van der Waals surface area contributed by atoms with Crippen LogP contribution in [-0.2, 0) is 26.2 Å². The summed E-state index contributed by atoms with van der Waals surface area (Å²) in [5.41, 5.74) is 3.38. The Morgan fingerprint density at radius 2 is 1.52 bits per heavy atom. The number of hydrogen-bond donors (Lipinski definition) is 1. The number of hydrogen-bond acceptors (Lipinski definition) is 4. The van der Waals surface area contributed by atoms with Crippen LogP contribution >= 0.6 is 0 Å². The number of carbonyl (C=O) groups is 2. The Kier molecular flexibility index (Phi) is 10.4. The van der Waals surface area contributed by atoms with Gasteiger partial charge in [-0.25, -0.2) is 8.42 Å². The minimum atomic E-state index is -4.08. The molecule has 2 amide bonds. The second kappa shape index (κ2) is 14.0. The Hall–Kier alpha value is -3.65. The van der Waals surface area contributed by atoms with Gasteiger partial charge in [-0.3, -0.25) is 13.9 Å². The Balaban J connectivity index is 1.72. The van der Waals surface area contributed by atoms with Crippen molar-refractivity contribution in [2.24, 2.45) is 0 Å². The molecule has 8 heteroatoms. The summed E-state index contributed by atoms with van der Waals surface area (Å²) in [6.07, 6.45) is 4.43. The average Bonchev–Trinajstić information content (AvgIpc) is 3.50. The van der Waals surface area contributed by atoms with Crippen LogP contribution in [0.25, 0.3) is 0 Å². The normalized spacial score (nSPS) is 14.5. The van der Waals surface area contributed by atoms with Gasteiger partial charge in [0.2, 0.25) is 11.8 Å². The van der Waals surface area contributed by atoms with Crippen LogP contribution in [0, 0.1) is 6.92 Å². The number of sulfonamides is 1. The van der Waals surface area contributed by atoms with E-state index in [0.29, 0.717) is 12.1 Å². The minimum Gasteiger partial charge on any atom is -0.352 e. The smallest absolute Gasteiger partial charge is 0.264 e. The van der Waals surface area contributed by atoms with Crippen molar-refractivity contribution < 1.29 is 18.0 Å². The van der Waals surface area contributed by atoms with Crippen molar-refractivity contribution in [3.8, 4) is 0 Å². The molecule has 1 fully saturated rings. The van der Waals surface area contributed by atoms with Crippen molar-refractivity contribution in [3.05, 3.63) is 95.6 Å². The third kappa shape index (κ3) is 7.40. The molecule has 42 heavy (non-hydrogen) atoms. The number of carbonyl (C=O) groups excluding carboxylic acids is 2. The molecule has 1 saturated carbocycles. The summed E-state index contributed by atoms with van der Waals surface area (Å²) in [7, 11) is -4.08. The number of nitrogens with one attached hydrogen (secondary N) is 1. The maximum atomic E-state index is 14.3. The molecule has 7 nitrogen and oxygen atoms in total. The van der Waals surface area contributed by atoms with Crippen molar-refractivity contribution in [2.45, 2.75) is 89.2 Å². The summed E-state index contributed by atoms with van der Waals surface area (Å²) in [6, 6.07) is 22.6. The Bertz CT molecular complexity index is 1450. The first-order valence-electron chi connectivity index (χ1n) is 14.9. The standard InChI is InChI=1S/C34H43N3O4S/c1-5-32(34(39)35-29-15-11-12-16-29)36(23-28-14-10-9-13-26(28)4)33(38)24-37(30-21-19-27(20-22-30)25(2)3)42(40,41)31-17-7-6-8-18-31/h6-10,13-14,17-22,25,29,32H,5,11-12,15-16,23-24H2,1-4H3,(H,35,39). The third-order valence-electron chi connectivity index (χ3n) is 8.15. The van der Waals surface area contributed by atoms with E-state index in [0.717, 1.165) is 42.4 Å².